The Labute approximate surface area is 125 Å². The normalized spacial score (nSPS) is 21.8. The number of rotatable bonds is 4. The molecule has 112 valence electrons. The lowest BCUT2D eigenvalue weighted by Gasteiger charge is -2.08. The van der Waals surface area contributed by atoms with Crippen molar-refractivity contribution in [2.75, 3.05) is 11.5 Å². The van der Waals surface area contributed by atoms with Crippen molar-refractivity contribution in [1.82, 2.24) is 5.32 Å². The van der Waals surface area contributed by atoms with Crippen LogP contribution in [0.15, 0.2) is 16.3 Å². The van der Waals surface area contributed by atoms with E-state index in [1.54, 1.807) is 6.07 Å². The molecule has 1 aliphatic rings. The maximum atomic E-state index is 11.8. The summed E-state index contributed by atoms with van der Waals surface area (Å²) in [6, 6.07) is 2.93. The summed E-state index contributed by atoms with van der Waals surface area (Å²) in [6.45, 7) is 0.159. The van der Waals surface area contributed by atoms with Crippen molar-refractivity contribution in [2.24, 2.45) is 5.92 Å². The molecule has 1 aliphatic heterocycles. The Balaban J connectivity index is 1.93. The van der Waals surface area contributed by atoms with E-state index in [1.165, 1.54) is 6.07 Å². The van der Waals surface area contributed by atoms with Crippen molar-refractivity contribution in [2.45, 2.75) is 17.2 Å². The summed E-state index contributed by atoms with van der Waals surface area (Å²) < 4.78 is 44.7. The molecule has 1 atom stereocenters. The Morgan fingerprint density at radius 1 is 1.45 bits per heavy atom. The summed E-state index contributed by atoms with van der Waals surface area (Å²) in [4.78, 5) is 12.4. The third-order valence-electron chi connectivity index (χ3n) is 2.92. The van der Waals surface area contributed by atoms with Crippen molar-refractivity contribution in [3.8, 4) is 0 Å². The fourth-order valence-electron chi connectivity index (χ4n) is 1.90. The summed E-state index contributed by atoms with van der Waals surface area (Å²) in [5.74, 6) is -0.922. The van der Waals surface area contributed by atoms with E-state index in [1.807, 2.05) is 0 Å². The second-order valence-electron chi connectivity index (χ2n) is 4.48. The third-order valence-corrected chi connectivity index (χ3v) is 7.86. The number of carbonyl (C=O) groups excluding carboxylic acids is 1. The monoisotopic (exact) mass is 357 g/mol. The molecule has 2 rings (SSSR count). The predicted molar refractivity (Wildman–Crippen MR) is 76.0 cm³/mol. The molecule has 0 saturated carbocycles. The average molecular weight is 358 g/mol. The van der Waals surface area contributed by atoms with Gasteiger partial charge in [0.05, 0.1) is 24.0 Å². The lowest BCUT2D eigenvalue weighted by atomic mass is 10.1. The van der Waals surface area contributed by atoms with Gasteiger partial charge in [-0.3, -0.25) is 4.79 Å². The molecular weight excluding hydrogens is 346 g/mol. The van der Waals surface area contributed by atoms with Crippen molar-refractivity contribution >= 4 is 46.8 Å². The van der Waals surface area contributed by atoms with Crippen LogP contribution in [0.2, 0.25) is 0 Å². The van der Waals surface area contributed by atoms with Gasteiger partial charge in [-0.2, -0.15) is 0 Å². The molecule has 1 N–H and O–H groups in total. The quantitative estimate of drug-likeness (QED) is 0.801. The van der Waals surface area contributed by atoms with Crippen LogP contribution in [0.4, 0.5) is 0 Å². The number of sulfone groups is 1. The van der Waals surface area contributed by atoms with Gasteiger partial charge >= 0.3 is 0 Å². The number of halogens is 1. The Kier molecular flexibility index (Phi) is 4.43. The zero-order valence-electron chi connectivity index (χ0n) is 10.2. The van der Waals surface area contributed by atoms with Crippen molar-refractivity contribution in [3.05, 3.63) is 17.0 Å². The number of hydrogen-bond acceptors (Lipinski definition) is 6. The number of nitrogens with one attached hydrogen (secondary N) is 1. The van der Waals surface area contributed by atoms with Gasteiger partial charge in [-0.25, -0.2) is 16.8 Å². The van der Waals surface area contributed by atoms with Crippen molar-refractivity contribution in [3.63, 3.8) is 0 Å². The van der Waals surface area contributed by atoms with Crippen LogP contribution in [0.5, 0.6) is 0 Å². The van der Waals surface area contributed by atoms with Crippen molar-refractivity contribution in [1.29, 1.82) is 0 Å². The molecule has 0 aliphatic carbocycles. The molecule has 10 heteroatoms. The van der Waals surface area contributed by atoms with E-state index >= 15 is 0 Å². The molecule has 0 spiro atoms. The molecule has 1 aromatic rings. The molecule has 1 saturated heterocycles. The van der Waals surface area contributed by atoms with Gasteiger partial charge in [0.15, 0.2) is 9.84 Å². The fraction of sp³-hybridized carbons (Fsp3) is 0.500. The van der Waals surface area contributed by atoms with Crippen LogP contribution in [0.1, 0.15) is 11.3 Å². The standard InChI is InChI=1S/C10H12ClNO5S3/c11-20(16,17)9-2-1-8(18-9)5-12-10(13)7-3-4-19(14,15)6-7/h1-2,7H,3-6H2,(H,12,13). The first kappa shape index (κ1) is 15.7. The molecule has 6 nitrogen and oxygen atoms in total. The highest BCUT2D eigenvalue weighted by atomic mass is 35.7. The number of carbonyl (C=O) groups is 1. The van der Waals surface area contributed by atoms with E-state index in [9.17, 15) is 21.6 Å². The van der Waals surface area contributed by atoms with Crippen LogP contribution in [0, 0.1) is 5.92 Å². The summed E-state index contributed by atoms with van der Waals surface area (Å²) in [5.41, 5.74) is 0. The average Bonchev–Trinajstić information content (AvgIpc) is 2.91. The Morgan fingerprint density at radius 3 is 2.65 bits per heavy atom. The minimum Gasteiger partial charge on any atom is -0.351 e. The first-order valence-corrected chi connectivity index (χ1v) is 10.6. The van der Waals surface area contributed by atoms with Gasteiger partial charge in [0, 0.05) is 15.6 Å². The van der Waals surface area contributed by atoms with E-state index in [-0.39, 0.29) is 28.2 Å². The number of hydrogen-bond donors (Lipinski definition) is 1. The third kappa shape index (κ3) is 3.94. The van der Waals surface area contributed by atoms with E-state index in [0.717, 1.165) is 11.3 Å². The van der Waals surface area contributed by atoms with Gasteiger partial charge in [0.25, 0.3) is 9.05 Å². The molecular formula is C10H12ClNO5S3. The first-order chi connectivity index (χ1) is 9.17. The Hall–Kier alpha value is -0.640. The molecule has 0 radical (unpaired) electrons. The first-order valence-electron chi connectivity index (χ1n) is 5.69. The van der Waals surface area contributed by atoms with Gasteiger partial charge < -0.3 is 5.32 Å². The predicted octanol–water partition coefficient (Wildman–Crippen LogP) is 0.726. The summed E-state index contributed by atoms with van der Waals surface area (Å²) >= 11 is 0.971. The van der Waals surface area contributed by atoms with E-state index in [0.29, 0.717) is 11.3 Å². The van der Waals surface area contributed by atoms with Gasteiger partial charge in [0.1, 0.15) is 4.21 Å². The minimum absolute atomic E-state index is 0.0202. The summed E-state index contributed by atoms with van der Waals surface area (Å²) in [5, 5.41) is 2.61. The van der Waals surface area contributed by atoms with Gasteiger partial charge in [-0.05, 0) is 18.6 Å². The SMILES string of the molecule is O=C(NCc1ccc(S(=O)(=O)Cl)s1)C1CCS(=O)(=O)C1. The highest BCUT2D eigenvalue weighted by molar-refractivity contribution is 8.15. The van der Waals surface area contributed by atoms with E-state index < -0.39 is 24.8 Å². The maximum absolute atomic E-state index is 11.8. The highest BCUT2D eigenvalue weighted by Crippen LogP contribution is 2.25. The van der Waals surface area contributed by atoms with Crippen LogP contribution in [0.3, 0.4) is 0 Å². The lowest BCUT2D eigenvalue weighted by molar-refractivity contribution is -0.124. The Bertz CT molecular complexity index is 722. The molecule has 1 fully saturated rings. The fourth-order valence-corrected chi connectivity index (χ4v) is 5.71. The molecule has 20 heavy (non-hydrogen) atoms. The summed E-state index contributed by atoms with van der Waals surface area (Å²) in [6.07, 6.45) is 0.333. The zero-order chi connectivity index (χ0) is 15.0. The van der Waals surface area contributed by atoms with Crippen LogP contribution in [-0.2, 0) is 30.2 Å². The second kappa shape index (κ2) is 5.63. The van der Waals surface area contributed by atoms with Crippen LogP contribution in [0.25, 0.3) is 0 Å². The number of thiophene rings is 1. The highest BCUT2D eigenvalue weighted by Gasteiger charge is 2.32. The molecule has 1 amide bonds. The van der Waals surface area contributed by atoms with Crippen LogP contribution >= 0.6 is 22.0 Å². The topological polar surface area (TPSA) is 97.4 Å². The summed E-state index contributed by atoms with van der Waals surface area (Å²) in [7, 11) is -1.65. The maximum Gasteiger partial charge on any atom is 0.270 e. The van der Waals surface area contributed by atoms with Crippen LogP contribution in [-0.4, -0.2) is 34.2 Å². The molecule has 2 heterocycles. The minimum atomic E-state index is -3.75. The molecule has 1 unspecified atom stereocenters. The zero-order valence-corrected chi connectivity index (χ0v) is 13.4. The molecule has 0 aromatic carbocycles. The van der Waals surface area contributed by atoms with E-state index in [4.69, 9.17) is 10.7 Å². The molecule has 1 aromatic heterocycles. The van der Waals surface area contributed by atoms with Crippen molar-refractivity contribution < 1.29 is 21.6 Å². The smallest absolute Gasteiger partial charge is 0.270 e. The van der Waals surface area contributed by atoms with Gasteiger partial charge in [-0.1, -0.05) is 0 Å². The van der Waals surface area contributed by atoms with E-state index in [2.05, 4.69) is 5.32 Å². The molecule has 0 bridgehead atoms. The Morgan fingerprint density at radius 2 is 2.15 bits per heavy atom. The lowest BCUT2D eigenvalue weighted by Crippen LogP contribution is -2.30. The second-order valence-corrected chi connectivity index (χ2v) is 10.7. The number of amides is 1. The van der Waals surface area contributed by atoms with Gasteiger partial charge in [0.2, 0.25) is 5.91 Å². The van der Waals surface area contributed by atoms with Gasteiger partial charge in [-0.15, -0.1) is 11.3 Å². The van der Waals surface area contributed by atoms with Crippen LogP contribution < -0.4 is 5.32 Å². The largest absolute Gasteiger partial charge is 0.351 e.